The van der Waals surface area contributed by atoms with E-state index >= 15 is 0 Å². The average molecular weight is 321 g/mol. The molecular formula is C17H23NO5. The topological polar surface area (TPSA) is 72.9 Å². The Morgan fingerprint density at radius 3 is 2.48 bits per heavy atom. The predicted molar refractivity (Wildman–Crippen MR) is 86.6 cm³/mol. The summed E-state index contributed by atoms with van der Waals surface area (Å²) in [5.74, 6) is -0.172. The van der Waals surface area contributed by atoms with Gasteiger partial charge in [0.05, 0.1) is 5.69 Å². The summed E-state index contributed by atoms with van der Waals surface area (Å²) in [6, 6.07) is 6.71. The monoisotopic (exact) mass is 321 g/mol. The van der Waals surface area contributed by atoms with Crippen LogP contribution in [0.5, 0.6) is 5.75 Å². The molecule has 0 unspecified atom stereocenters. The predicted octanol–water partition coefficient (Wildman–Crippen LogP) is 3.33. The van der Waals surface area contributed by atoms with Crippen LogP contribution in [-0.4, -0.2) is 31.0 Å². The molecule has 0 spiro atoms. The molecule has 0 radical (unpaired) electrons. The van der Waals surface area contributed by atoms with Gasteiger partial charge in [0, 0.05) is 19.9 Å². The lowest BCUT2D eigenvalue weighted by Gasteiger charge is -2.25. The molecule has 0 N–H and O–H groups in total. The van der Waals surface area contributed by atoms with Gasteiger partial charge in [-0.25, -0.2) is 4.79 Å². The molecule has 6 heteroatoms. The van der Waals surface area contributed by atoms with Gasteiger partial charge >= 0.3 is 12.1 Å². The smallest absolute Gasteiger partial charge is 0.414 e. The number of carbonyl (C=O) groups excluding carboxylic acids is 3. The fourth-order valence-corrected chi connectivity index (χ4v) is 1.75. The van der Waals surface area contributed by atoms with Crippen molar-refractivity contribution < 1.29 is 23.9 Å². The molecule has 126 valence electrons. The summed E-state index contributed by atoms with van der Waals surface area (Å²) < 4.78 is 10.6. The average Bonchev–Trinajstić information content (AvgIpc) is 2.45. The highest BCUT2D eigenvalue weighted by atomic mass is 16.6. The normalized spacial score (nSPS) is 10.8. The summed E-state index contributed by atoms with van der Waals surface area (Å²) >= 11 is 0. The van der Waals surface area contributed by atoms with E-state index in [1.165, 1.54) is 4.90 Å². The second-order valence-electron chi connectivity index (χ2n) is 6.04. The lowest BCUT2D eigenvalue weighted by atomic mass is 10.2. The molecular weight excluding hydrogens is 298 g/mol. The highest BCUT2D eigenvalue weighted by Crippen LogP contribution is 2.28. The minimum absolute atomic E-state index is 0.142. The van der Waals surface area contributed by atoms with E-state index in [-0.39, 0.29) is 12.2 Å². The van der Waals surface area contributed by atoms with Crippen LogP contribution in [0.2, 0.25) is 0 Å². The van der Waals surface area contributed by atoms with Gasteiger partial charge in [-0.05, 0) is 39.3 Å². The van der Waals surface area contributed by atoms with E-state index in [2.05, 4.69) is 0 Å². The SMILES string of the molecule is CN(C(=O)OC(C)(C)C)c1ccccc1OC(=O)CCCC=O. The Balaban J connectivity index is 2.82. The van der Waals surface area contributed by atoms with Crippen molar-refractivity contribution in [3.63, 3.8) is 0 Å². The third-order valence-corrected chi connectivity index (χ3v) is 2.82. The second kappa shape index (κ2) is 8.31. The van der Waals surface area contributed by atoms with Crippen molar-refractivity contribution in [2.45, 2.75) is 45.6 Å². The van der Waals surface area contributed by atoms with Gasteiger partial charge in [-0.3, -0.25) is 9.69 Å². The molecule has 0 saturated heterocycles. The number of ether oxygens (including phenoxy) is 2. The van der Waals surface area contributed by atoms with Crippen LogP contribution in [0.25, 0.3) is 0 Å². The zero-order valence-corrected chi connectivity index (χ0v) is 14.0. The lowest BCUT2D eigenvalue weighted by Crippen LogP contribution is -2.34. The molecule has 1 rings (SSSR count). The number of benzene rings is 1. The van der Waals surface area contributed by atoms with Gasteiger partial charge in [0.2, 0.25) is 0 Å². The molecule has 1 aromatic carbocycles. The third kappa shape index (κ3) is 6.50. The Morgan fingerprint density at radius 2 is 1.87 bits per heavy atom. The Bertz CT molecular complexity index is 562. The van der Waals surface area contributed by atoms with E-state index in [1.807, 2.05) is 0 Å². The van der Waals surface area contributed by atoms with Crippen LogP contribution in [0.15, 0.2) is 24.3 Å². The first-order valence-corrected chi connectivity index (χ1v) is 7.44. The first-order valence-electron chi connectivity index (χ1n) is 7.44. The zero-order chi connectivity index (χ0) is 17.5. The number of carbonyl (C=O) groups is 3. The quantitative estimate of drug-likeness (QED) is 0.348. The minimum atomic E-state index is -0.619. The molecule has 0 fully saturated rings. The molecule has 0 aliphatic heterocycles. The largest absolute Gasteiger partial charge is 0.443 e. The Hall–Kier alpha value is -2.37. The molecule has 23 heavy (non-hydrogen) atoms. The minimum Gasteiger partial charge on any atom is -0.443 e. The van der Waals surface area contributed by atoms with Crippen LogP contribution in [-0.2, 0) is 14.3 Å². The number of unbranched alkanes of at least 4 members (excludes halogenated alkanes) is 1. The van der Waals surface area contributed by atoms with Crippen LogP contribution in [0.4, 0.5) is 10.5 Å². The van der Waals surface area contributed by atoms with E-state index in [1.54, 1.807) is 52.1 Å². The van der Waals surface area contributed by atoms with Crippen LogP contribution in [0.3, 0.4) is 0 Å². The van der Waals surface area contributed by atoms with Crippen LogP contribution < -0.4 is 9.64 Å². The van der Waals surface area contributed by atoms with Gasteiger partial charge in [-0.1, -0.05) is 12.1 Å². The number of hydrogen-bond donors (Lipinski definition) is 0. The molecule has 6 nitrogen and oxygen atoms in total. The molecule has 0 heterocycles. The summed E-state index contributed by atoms with van der Waals surface area (Å²) in [4.78, 5) is 35.5. The Kier molecular flexibility index (Phi) is 6.75. The van der Waals surface area contributed by atoms with Gasteiger partial charge in [-0.15, -0.1) is 0 Å². The summed E-state index contributed by atoms with van der Waals surface area (Å²) in [5, 5.41) is 0. The molecule has 0 bridgehead atoms. The molecule has 1 amide bonds. The number of nitrogens with zero attached hydrogens (tertiary/aromatic N) is 1. The van der Waals surface area contributed by atoms with Crippen molar-refractivity contribution in [1.82, 2.24) is 0 Å². The summed E-state index contributed by atoms with van der Waals surface area (Å²) in [6.45, 7) is 5.33. The Morgan fingerprint density at radius 1 is 1.22 bits per heavy atom. The number of aldehydes is 1. The van der Waals surface area contributed by atoms with Crippen LogP contribution in [0.1, 0.15) is 40.0 Å². The van der Waals surface area contributed by atoms with Crippen molar-refractivity contribution in [1.29, 1.82) is 0 Å². The molecule has 0 aliphatic carbocycles. The summed E-state index contributed by atoms with van der Waals surface area (Å²) in [6.07, 6.45) is 1.11. The van der Waals surface area contributed by atoms with Gasteiger partial charge in [-0.2, -0.15) is 0 Å². The van der Waals surface area contributed by atoms with Crippen molar-refractivity contribution in [2.75, 3.05) is 11.9 Å². The number of amides is 1. The zero-order valence-electron chi connectivity index (χ0n) is 14.0. The fourth-order valence-electron chi connectivity index (χ4n) is 1.75. The van der Waals surface area contributed by atoms with Crippen molar-refractivity contribution in [3.05, 3.63) is 24.3 Å². The van der Waals surface area contributed by atoms with Crippen LogP contribution >= 0.6 is 0 Å². The maximum absolute atomic E-state index is 12.1. The van der Waals surface area contributed by atoms with E-state index < -0.39 is 17.7 Å². The van der Waals surface area contributed by atoms with Crippen molar-refractivity contribution >= 4 is 24.0 Å². The Labute approximate surface area is 136 Å². The summed E-state index contributed by atoms with van der Waals surface area (Å²) in [5.41, 5.74) is -0.184. The van der Waals surface area contributed by atoms with Gasteiger partial charge in [0.15, 0.2) is 5.75 Å². The number of esters is 1. The molecule has 0 atom stereocenters. The fraction of sp³-hybridized carbons (Fsp3) is 0.471. The van der Waals surface area contributed by atoms with Gasteiger partial charge < -0.3 is 14.3 Å². The summed E-state index contributed by atoms with van der Waals surface area (Å²) in [7, 11) is 1.55. The van der Waals surface area contributed by atoms with Crippen molar-refractivity contribution in [3.8, 4) is 5.75 Å². The first-order chi connectivity index (χ1) is 10.7. The standard InChI is InChI=1S/C17H23NO5/c1-17(2,3)23-16(21)18(4)13-9-5-6-10-14(13)22-15(20)11-7-8-12-19/h5-6,9-10,12H,7-8,11H2,1-4H3. The van der Waals surface area contributed by atoms with E-state index in [0.29, 0.717) is 18.5 Å². The number of anilines is 1. The number of rotatable bonds is 6. The highest BCUT2D eigenvalue weighted by molar-refractivity contribution is 5.90. The number of hydrogen-bond acceptors (Lipinski definition) is 5. The lowest BCUT2D eigenvalue weighted by molar-refractivity contribution is -0.134. The molecule has 1 aromatic rings. The molecule has 0 aromatic heterocycles. The van der Waals surface area contributed by atoms with E-state index in [9.17, 15) is 14.4 Å². The number of para-hydroxylation sites is 2. The van der Waals surface area contributed by atoms with Crippen molar-refractivity contribution in [2.24, 2.45) is 0 Å². The van der Waals surface area contributed by atoms with Crippen LogP contribution in [0, 0.1) is 0 Å². The second-order valence-corrected chi connectivity index (χ2v) is 6.04. The van der Waals surface area contributed by atoms with Gasteiger partial charge in [0.25, 0.3) is 0 Å². The van der Waals surface area contributed by atoms with E-state index in [4.69, 9.17) is 9.47 Å². The highest BCUT2D eigenvalue weighted by Gasteiger charge is 2.23. The molecule has 0 aliphatic rings. The van der Waals surface area contributed by atoms with Gasteiger partial charge in [0.1, 0.15) is 11.9 Å². The first kappa shape index (κ1) is 18.7. The maximum Gasteiger partial charge on any atom is 0.414 e. The third-order valence-electron chi connectivity index (χ3n) is 2.82. The van der Waals surface area contributed by atoms with E-state index in [0.717, 1.165) is 6.29 Å². The maximum atomic E-state index is 12.1. The molecule has 0 saturated carbocycles.